The van der Waals surface area contributed by atoms with Crippen LogP contribution in [-0.4, -0.2) is 22.6 Å². The van der Waals surface area contributed by atoms with Crippen LogP contribution in [0.15, 0.2) is 23.0 Å². The number of nitrogens with one attached hydrogen (secondary N) is 1. The Morgan fingerprint density at radius 2 is 2.20 bits per heavy atom. The lowest BCUT2D eigenvalue weighted by Crippen LogP contribution is -2.35. The van der Waals surface area contributed by atoms with E-state index in [1.54, 1.807) is 18.2 Å². The van der Waals surface area contributed by atoms with Crippen LogP contribution in [0.2, 0.25) is 0 Å². The van der Waals surface area contributed by atoms with Gasteiger partial charge in [0.25, 0.3) is 5.56 Å². The van der Waals surface area contributed by atoms with Gasteiger partial charge in [0.05, 0.1) is 10.9 Å². The van der Waals surface area contributed by atoms with Crippen LogP contribution in [0.3, 0.4) is 0 Å². The number of aromatic nitrogens is 2. The van der Waals surface area contributed by atoms with Crippen molar-refractivity contribution in [3.05, 3.63) is 28.6 Å². The summed E-state index contributed by atoms with van der Waals surface area (Å²) in [4.78, 5) is 21.9. The van der Waals surface area contributed by atoms with E-state index < -0.39 is 0 Å². The number of anilines is 2. The van der Waals surface area contributed by atoms with Crippen LogP contribution in [0, 0.1) is 5.92 Å². The number of nitrogens with zero attached hydrogens (tertiary/aromatic N) is 2. The first-order valence-electron chi connectivity index (χ1n) is 7.11. The fourth-order valence-corrected chi connectivity index (χ4v) is 2.40. The number of rotatable bonds is 4. The van der Waals surface area contributed by atoms with Crippen LogP contribution in [0.25, 0.3) is 10.9 Å². The molecular weight excluding hydrogens is 252 g/mol. The SMILES string of the molecule is CC(C)N(CC1CC1)c1nc2ccc(N)cc2c(=O)[nH]1. The smallest absolute Gasteiger partial charge is 0.260 e. The van der Waals surface area contributed by atoms with Crippen molar-refractivity contribution in [2.75, 3.05) is 17.2 Å². The molecule has 1 aromatic carbocycles. The molecule has 1 aliphatic carbocycles. The molecule has 0 aliphatic heterocycles. The van der Waals surface area contributed by atoms with Gasteiger partial charge in [0, 0.05) is 18.3 Å². The van der Waals surface area contributed by atoms with Gasteiger partial charge in [-0.2, -0.15) is 0 Å². The van der Waals surface area contributed by atoms with E-state index in [1.165, 1.54) is 12.8 Å². The number of nitrogens with two attached hydrogens (primary N) is 1. The minimum atomic E-state index is -0.126. The molecule has 0 atom stereocenters. The summed E-state index contributed by atoms with van der Waals surface area (Å²) in [7, 11) is 0. The molecule has 1 saturated carbocycles. The molecule has 0 unspecified atom stereocenters. The van der Waals surface area contributed by atoms with Crippen LogP contribution < -0.4 is 16.2 Å². The van der Waals surface area contributed by atoms with Crippen LogP contribution in [0.5, 0.6) is 0 Å². The Morgan fingerprint density at radius 3 is 2.85 bits per heavy atom. The zero-order valence-corrected chi connectivity index (χ0v) is 11.9. The Labute approximate surface area is 117 Å². The van der Waals surface area contributed by atoms with Gasteiger partial charge in [-0.3, -0.25) is 9.78 Å². The van der Waals surface area contributed by atoms with Gasteiger partial charge in [0.15, 0.2) is 0 Å². The highest BCUT2D eigenvalue weighted by Gasteiger charge is 2.26. The van der Waals surface area contributed by atoms with Gasteiger partial charge in [0.1, 0.15) is 0 Å². The standard InChI is InChI=1S/C15H20N4O/c1-9(2)19(8-10-3-4-10)15-17-13-6-5-11(16)7-12(13)14(20)18-15/h5-7,9-10H,3-4,8,16H2,1-2H3,(H,17,18,20). The fraction of sp³-hybridized carbons (Fsp3) is 0.467. The molecule has 20 heavy (non-hydrogen) atoms. The summed E-state index contributed by atoms with van der Waals surface area (Å²) in [6.45, 7) is 5.20. The summed E-state index contributed by atoms with van der Waals surface area (Å²) in [5.41, 5.74) is 6.87. The first-order valence-corrected chi connectivity index (χ1v) is 7.11. The molecule has 1 fully saturated rings. The molecule has 1 aromatic heterocycles. The fourth-order valence-electron chi connectivity index (χ4n) is 2.40. The molecule has 5 heteroatoms. The van der Waals surface area contributed by atoms with Crippen LogP contribution in [-0.2, 0) is 0 Å². The summed E-state index contributed by atoms with van der Waals surface area (Å²) in [6, 6.07) is 5.56. The molecule has 0 spiro atoms. The van der Waals surface area contributed by atoms with Crippen molar-refractivity contribution in [3.8, 4) is 0 Å². The Bertz CT molecular complexity index is 688. The van der Waals surface area contributed by atoms with E-state index in [1.807, 2.05) is 0 Å². The zero-order valence-electron chi connectivity index (χ0n) is 11.9. The average Bonchev–Trinajstić information content (AvgIpc) is 3.20. The van der Waals surface area contributed by atoms with Gasteiger partial charge in [-0.1, -0.05) is 0 Å². The molecule has 1 heterocycles. The lowest BCUT2D eigenvalue weighted by atomic mass is 10.2. The molecule has 106 valence electrons. The maximum absolute atomic E-state index is 12.2. The molecule has 1 aliphatic rings. The molecule has 0 amide bonds. The highest BCUT2D eigenvalue weighted by molar-refractivity contribution is 5.81. The van der Waals surface area contributed by atoms with Crippen molar-refractivity contribution in [1.29, 1.82) is 0 Å². The van der Waals surface area contributed by atoms with Gasteiger partial charge in [-0.15, -0.1) is 0 Å². The van der Waals surface area contributed by atoms with E-state index in [0.29, 0.717) is 28.6 Å². The predicted molar refractivity (Wildman–Crippen MR) is 82.0 cm³/mol. The Hall–Kier alpha value is -2.04. The number of fused-ring (bicyclic) bond motifs is 1. The minimum Gasteiger partial charge on any atom is -0.399 e. The molecule has 3 N–H and O–H groups in total. The number of H-pyrrole nitrogens is 1. The predicted octanol–water partition coefficient (Wildman–Crippen LogP) is 2.13. The lowest BCUT2D eigenvalue weighted by Gasteiger charge is -2.27. The maximum atomic E-state index is 12.2. The molecule has 0 radical (unpaired) electrons. The van der Waals surface area contributed by atoms with E-state index in [4.69, 9.17) is 5.73 Å². The lowest BCUT2D eigenvalue weighted by molar-refractivity contribution is 0.628. The van der Waals surface area contributed by atoms with Crippen molar-refractivity contribution in [1.82, 2.24) is 9.97 Å². The van der Waals surface area contributed by atoms with Crippen LogP contribution >= 0.6 is 0 Å². The van der Waals surface area contributed by atoms with Crippen molar-refractivity contribution >= 4 is 22.5 Å². The highest BCUT2D eigenvalue weighted by Crippen LogP contribution is 2.31. The number of aromatic amines is 1. The van der Waals surface area contributed by atoms with Crippen LogP contribution in [0.4, 0.5) is 11.6 Å². The summed E-state index contributed by atoms with van der Waals surface area (Å²) in [6.07, 6.45) is 2.55. The first-order chi connectivity index (χ1) is 9.54. The van der Waals surface area contributed by atoms with Crippen molar-refractivity contribution in [3.63, 3.8) is 0 Å². The number of benzene rings is 1. The average molecular weight is 272 g/mol. The zero-order chi connectivity index (χ0) is 14.3. The topological polar surface area (TPSA) is 75.0 Å². The van der Waals surface area contributed by atoms with Crippen LogP contribution in [0.1, 0.15) is 26.7 Å². The summed E-state index contributed by atoms with van der Waals surface area (Å²) < 4.78 is 0. The normalized spacial score (nSPS) is 14.9. The van der Waals surface area contributed by atoms with Gasteiger partial charge in [-0.05, 0) is 50.8 Å². The Balaban J connectivity index is 2.05. The molecule has 3 rings (SSSR count). The number of nitrogen functional groups attached to an aromatic ring is 1. The second-order valence-electron chi connectivity index (χ2n) is 5.86. The largest absolute Gasteiger partial charge is 0.399 e. The van der Waals surface area contributed by atoms with Crippen molar-refractivity contribution < 1.29 is 0 Å². The van der Waals surface area contributed by atoms with Gasteiger partial charge in [-0.25, -0.2) is 4.98 Å². The third-order valence-corrected chi connectivity index (χ3v) is 3.76. The monoisotopic (exact) mass is 272 g/mol. The third-order valence-electron chi connectivity index (χ3n) is 3.76. The van der Waals surface area contributed by atoms with E-state index in [-0.39, 0.29) is 5.56 Å². The third kappa shape index (κ3) is 2.48. The second-order valence-corrected chi connectivity index (χ2v) is 5.86. The summed E-state index contributed by atoms with van der Waals surface area (Å²) in [5, 5.41) is 0.545. The van der Waals surface area contributed by atoms with E-state index in [9.17, 15) is 4.79 Å². The molecule has 2 aromatic rings. The molecule has 0 saturated heterocycles. The quantitative estimate of drug-likeness (QED) is 0.836. The van der Waals surface area contributed by atoms with Crippen molar-refractivity contribution in [2.24, 2.45) is 5.92 Å². The first kappa shape index (κ1) is 13.0. The number of hydrogen-bond donors (Lipinski definition) is 2. The Morgan fingerprint density at radius 1 is 1.45 bits per heavy atom. The van der Waals surface area contributed by atoms with E-state index in [0.717, 1.165) is 12.5 Å². The highest BCUT2D eigenvalue weighted by atomic mass is 16.1. The molecule has 0 bridgehead atoms. The van der Waals surface area contributed by atoms with Gasteiger partial charge < -0.3 is 10.6 Å². The van der Waals surface area contributed by atoms with Crippen molar-refractivity contribution in [2.45, 2.75) is 32.7 Å². The van der Waals surface area contributed by atoms with E-state index >= 15 is 0 Å². The minimum absolute atomic E-state index is 0.126. The number of hydrogen-bond acceptors (Lipinski definition) is 4. The molecule has 5 nitrogen and oxygen atoms in total. The summed E-state index contributed by atoms with van der Waals surface area (Å²) >= 11 is 0. The van der Waals surface area contributed by atoms with Gasteiger partial charge >= 0.3 is 0 Å². The Kier molecular flexibility index (Phi) is 3.12. The molecular formula is C15H20N4O. The maximum Gasteiger partial charge on any atom is 0.260 e. The van der Waals surface area contributed by atoms with E-state index in [2.05, 4.69) is 28.7 Å². The van der Waals surface area contributed by atoms with Gasteiger partial charge in [0.2, 0.25) is 5.95 Å². The second kappa shape index (κ2) is 4.81. The summed E-state index contributed by atoms with van der Waals surface area (Å²) in [5.74, 6) is 1.40.